The third-order valence-corrected chi connectivity index (χ3v) is 3.85. The van der Waals surface area contributed by atoms with Crippen LogP contribution in [-0.2, 0) is 13.0 Å². The summed E-state index contributed by atoms with van der Waals surface area (Å²) in [5.41, 5.74) is 3.41. The fraction of sp³-hybridized carbons (Fsp3) is 0.368. The van der Waals surface area contributed by atoms with E-state index >= 15 is 0 Å². The topological polar surface area (TPSA) is 50.7 Å². The van der Waals surface area contributed by atoms with E-state index in [2.05, 4.69) is 5.32 Å². The number of aryl methyl sites for hydroxylation is 1. The third-order valence-electron chi connectivity index (χ3n) is 3.85. The number of rotatable bonds is 8. The second-order valence-electron chi connectivity index (χ2n) is 5.61. The average Bonchev–Trinajstić information content (AvgIpc) is 2.56. The van der Waals surface area contributed by atoms with Crippen molar-refractivity contribution in [2.75, 3.05) is 20.8 Å². The quantitative estimate of drug-likeness (QED) is 0.786. The summed E-state index contributed by atoms with van der Waals surface area (Å²) < 4.78 is 10.6. The maximum absolute atomic E-state index is 10.1. The van der Waals surface area contributed by atoms with Gasteiger partial charge in [-0.05, 0) is 42.2 Å². The molecule has 0 aliphatic carbocycles. The molecule has 0 aliphatic rings. The molecule has 0 bridgehead atoms. The molecule has 0 fully saturated rings. The van der Waals surface area contributed by atoms with Crippen LogP contribution in [0.15, 0.2) is 42.5 Å². The van der Waals surface area contributed by atoms with Crippen LogP contribution in [0.4, 0.5) is 0 Å². The SMILES string of the molecule is COc1cc(C)c(CNCC(O)Cc2ccccc2)cc1OC. The molecule has 0 heterocycles. The first kappa shape index (κ1) is 17.3. The lowest BCUT2D eigenvalue weighted by molar-refractivity contribution is 0.171. The van der Waals surface area contributed by atoms with Crippen molar-refractivity contribution >= 4 is 0 Å². The molecule has 0 aliphatic heterocycles. The molecule has 0 spiro atoms. The monoisotopic (exact) mass is 315 g/mol. The van der Waals surface area contributed by atoms with Gasteiger partial charge in [0.15, 0.2) is 11.5 Å². The van der Waals surface area contributed by atoms with Crippen molar-refractivity contribution in [1.29, 1.82) is 0 Å². The van der Waals surface area contributed by atoms with Crippen LogP contribution < -0.4 is 14.8 Å². The van der Waals surface area contributed by atoms with Crippen LogP contribution in [-0.4, -0.2) is 32.0 Å². The number of aliphatic hydroxyl groups is 1. The molecule has 23 heavy (non-hydrogen) atoms. The van der Waals surface area contributed by atoms with E-state index < -0.39 is 6.10 Å². The van der Waals surface area contributed by atoms with Crippen molar-refractivity contribution in [3.05, 3.63) is 59.2 Å². The number of nitrogens with one attached hydrogen (secondary N) is 1. The normalized spacial score (nSPS) is 12.0. The number of methoxy groups -OCH3 is 2. The van der Waals surface area contributed by atoms with Gasteiger partial charge in [-0.15, -0.1) is 0 Å². The van der Waals surface area contributed by atoms with Gasteiger partial charge in [0.25, 0.3) is 0 Å². The maximum Gasteiger partial charge on any atom is 0.161 e. The predicted octanol–water partition coefficient (Wildman–Crippen LogP) is 2.71. The molecule has 1 atom stereocenters. The standard InChI is InChI=1S/C19H25NO3/c1-14-9-18(22-2)19(23-3)11-16(14)12-20-13-17(21)10-15-7-5-4-6-8-15/h4-9,11,17,20-21H,10,12-13H2,1-3H3. The molecule has 4 nitrogen and oxygen atoms in total. The van der Waals surface area contributed by atoms with E-state index in [1.165, 1.54) is 0 Å². The fourth-order valence-corrected chi connectivity index (χ4v) is 2.54. The minimum Gasteiger partial charge on any atom is -0.493 e. The van der Waals surface area contributed by atoms with Gasteiger partial charge in [-0.3, -0.25) is 0 Å². The van der Waals surface area contributed by atoms with E-state index in [9.17, 15) is 5.11 Å². The summed E-state index contributed by atoms with van der Waals surface area (Å²) in [6, 6.07) is 14.0. The van der Waals surface area contributed by atoms with E-state index in [0.717, 1.165) is 28.2 Å². The molecular formula is C19H25NO3. The first-order valence-corrected chi connectivity index (χ1v) is 7.78. The fourth-order valence-electron chi connectivity index (χ4n) is 2.54. The Balaban J connectivity index is 1.88. The van der Waals surface area contributed by atoms with Gasteiger partial charge in [0.2, 0.25) is 0 Å². The van der Waals surface area contributed by atoms with Gasteiger partial charge < -0.3 is 19.9 Å². The zero-order chi connectivity index (χ0) is 16.7. The Kier molecular flexibility index (Phi) is 6.44. The van der Waals surface area contributed by atoms with Crippen molar-refractivity contribution in [2.24, 2.45) is 0 Å². The lowest BCUT2D eigenvalue weighted by Crippen LogP contribution is -2.28. The molecule has 4 heteroatoms. The number of hydrogen-bond acceptors (Lipinski definition) is 4. The predicted molar refractivity (Wildman–Crippen MR) is 92.1 cm³/mol. The zero-order valence-electron chi connectivity index (χ0n) is 14.0. The Bertz CT molecular complexity index is 614. The summed E-state index contributed by atoms with van der Waals surface area (Å²) in [5, 5.41) is 13.4. The lowest BCUT2D eigenvalue weighted by Gasteiger charge is -2.15. The van der Waals surface area contributed by atoms with E-state index in [-0.39, 0.29) is 0 Å². The number of benzene rings is 2. The number of hydrogen-bond donors (Lipinski definition) is 2. The van der Waals surface area contributed by atoms with E-state index in [4.69, 9.17) is 9.47 Å². The molecule has 1 unspecified atom stereocenters. The van der Waals surface area contributed by atoms with E-state index in [1.807, 2.05) is 49.4 Å². The first-order chi connectivity index (χ1) is 11.1. The van der Waals surface area contributed by atoms with Crippen molar-refractivity contribution in [3.8, 4) is 11.5 Å². The molecule has 2 N–H and O–H groups in total. The summed E-state index contributed by atoms with van der Waals surface area (Å²) in [6.07, 6.45) is 0.247. The van der Waals surface area contributed by atoms with Gasteiger partial charge in [-0.2, -0.15) is 0 Å². The molecule has 2 aromatic carbocycles. The minimum atomic E-state index is -0.405. The molecular weight excluding hydrogens is 290 g/mol. The van der Waals surface area contributed by atoms with Crippen LogP contribution in [0.2, 0.25) is 0 Å². The van der Waals surface area contributed by atoms with Crippen LogP contribution in [0.25, 0.3) is 0 Å². The van der Waals surface area contributed by atoms with E-state index in [1.54, 1.807) is 14.2 Å². The molecule has 0 saturated heterocycles. The van der Waals surface area contributed by atoms with Crippen LogP contribution in [0.1, 0.15) is 16.7 Å². The molecule has 2 rings (SSSR count). The van der Waals surface area contributed by atoms with E-state index in [0.29, 0.717) is 19.5 Å². The van der Waals surface area contributed by atoms with Gasteiger partial charge in [0.05, 0.1) is 20.3 Å². The smallest absolute Gasteiger partial charge is 0.161 e. The van der Waals surface area contributed by atoms with Crippen LogP contribution in [0.3, 0.4) is 0 Å². The lowest BCUT2D eigenvalue weighted by atomic mass is 10.1. The number of aliphatic hydroxyl groups excluding tert-OH is 1. The summed E-state index contributed by atoms with van der Waals surface area (Å²) in [4.78, 5) is 0. The van der Waals surface area contributed by atoms with Crippen LogP contribution >= 0.6 is 0 Å². The van der Waals surface area contributed by atoms with Crippen LogP contribution in [0, 0.1) is 6.92 Å². The van der Waals surface area contributed by atoms with Crippen molar-refractivity contribution < 1.29 is 14.6 Å². The molecule has 2 aromatic rings. The van der Waals surface area contributed by atoms with Gasteiger partial charge in [-0.1, -0.05) is 30.3 Å². The highest BCUT2D eigenvalue weighted by molar-refractivity contribution is 5.47. The Morgan fingerprint density at radius 1 is 1.04 bits per heavy atom. The van der Waals surface area contributed by atoms with Crippen molar-refractivity contribution in [1.82, 2.24) is 5.32 Å². The second-order valence-corrected chi connectivity index (χ2v) is 5.61. The molecule has 0 amide bonds. The molecule has 0 radical (unpaired) electrons. The van der Waals surface area contributed by atoms with Gasteiger partial charge in [-0.25, -0.2) is 0 Å². The highest BCUT2D eigenvalue weighted by Gasteiger charge is 2.09. The first-order valence-electron chi connectivity index (χ1n) is 7.78. The Hall–Kier alpha value is -2.04. The summed E-state index contributed by atoms with van der Waals surface area (Å²) in [5.74, 6) is 1.46. The van der Waals surface area contributed by atoms with Crippen molar-refractivity contribution in [2.45, 2.75) is 26.0 Å². The summed E-state index contributed by atoms with van der Waals surface area (Å²) >= 11 is 0. The second kappa shape index (κ2) is 8.56. The van der Waals surface area contributed by atoms with Gasteiger partial charge >= 0.3 is 0 Å². The van der Waals surface area contributed by atoms with Gasteiger partial charge in [0, 0.05) is 13.1 Å². The van der Waals surface area contributed by atoms with Gasteiger partial charge in [0.1, 0.15) is 0 Å². The molecule has 0 aromatic heterocycles. The molecule has 124 valence electrons. The Labute approximate surface area is 138 Å². The average molecular weight is 315 g/mol. The largest absolute Gasteiger partial charge is 0.493 e. The van der Waals surface area contributed by atoms with Crippen molar-refractivity contribution in [3.63, 3.8) is 0 Å². The Morgan fingerprint density at radius 2 is 1.70 bits per heavy atom. The zero-order valence-corrected chi connectivity index (χ0v) is 14.0. The highest BCUT2D eigenvalue weighted by Crippen LogP contribution is 2.30. The Morgan fingerprint density at radius 3 is 2.35 bits per heavy atom. The summed E-state index contributed by atoms with van der Waals surface area (Å²) in [6.45, 7) is 3.26. The van der Waals surface area contributed by atoms with Crippen LogP contribution in [0.5, 0.6) is 11.5 Å². The molecule has 0 saturated carbocycles. The maximum atomic E-state index is 10.1. The number of ether oxygens (including phenoxy) is 2. The minimum absolute atomic E-state index is 0.405. The third kappa shape index (κ3) is 4.98. The summed E-state index contributed by atoms with van der Waals surface area (Å²) in [7, 11) is 3.27. The highest BCUT2D eigenvalue weighted by atomic mass is 16.5.